The van der Waals surface area contributed by atoms with Gasteiger partial charge in [0.1, 0.15) is 11.9 Å². The Bertz CT molecular complexity index is 484. The van der Waals surface area contributed by atoms with Gasteiger partial charge in [-0.15, -0.1) is 0 Å². The second-order valence-corrected chi connectivity index (χ2v) is 5.67. The van der Waals surface area contributed by atoms with Crippen molar-refractivity contribution in [3.8, 4) is 0 Å². The van der Waals surface area contributed by atoms with Crippen molar-refractivity contribution in [2.45, 2.75) is 12.5 Å². The first kappa shape index (κ1) is 16.0. The van der Waals surface area contributed by atoms with Gasteiger partial charge in [0.05, 0.1) is 5.56 Å². The fourth-order valence-electron chi connectivity index (χ4n) is 1.40. The van der Waals surface area contributed by atoms with Crippen LogP contribution in [0.25, 0.3) is 0 Å². The summed E-state index contributed by atoms with van der Waals surface area (Å²) >= 11 is 4.62. The zero-order chi connectivity index (χ0) is 14.4. The van der Waals surface area contributed by atoms with Crippen LogP contribution in [0.2, 0.25) is 0 Å². The predicted molar refractivity (Wildman–Crippen MR) is 76.0 cm³/mol. The number of aliphatic carboxylic acids is 1. The van der Waals surface area contributed by atoms with Crippen LogP contribution < -0.4 is 5.32 Å². The Morgan fingerprint density at radius 1 is 1.53 bits per heavy atom. The second kappa shape index (κ2) is 7.49. The molecule has 1 rings (SSSR count). The van der Waals surface area contributed by atoms with E-state index in [1.54, 1.807) is 0 Å². The molecule has 7 heteroatoms. The molecule has 0 saturated carbocycles. The molecular weight excluding hydrogens is 337 g/mol. The molecule has 0 heterocycles. The number of halogens is 2. The molecule has 19 heavy (non-hydrogen) atoms. The summed E-state index contributed by atoms with van der Waals surface area (Å²) in [5.74, 6) is -1.95. The molecule has 4 nitrogen and oxygen atoms in total. The highest BCUT2D eigenvalue weighted by atomic mass is 79.9. The second-order valence-electron chi connectivity index (χ2n) is 3.77. The Hall–Kier alpha value is -1.08. The molecule has 0 bridgehead atoms. The number of nitrogens with one attached hydrogen (secondary N) is 1. The Kier molecular flexibility index (Phi) is 6.30. The molecular formula is C12H13BrFNO3S. The molecule has 0 fully saturated rings. The van der Waals surface area contributed by atoms with E-state index < -0.39 is 23.7 Å². The number of rotatable bonds is 6. The Morgan fingerprint density at radius 2 is 2.21 bits per heavy atom. The van der Waals surface area contributed by atoms with Crippen molar-refractivity contribution < 1.29 is 19.1 Å². The summed E-state index contributed by atoms with van der Waals surface area (Å²) in [5, 5.41) is 11.3. The molecule has 0 aromatic heterocycles. The van der Waals surface area contributed by atoms with E-state index in [9.17, 15) is 14.0 Å². The minimum atomic E-state index is -1.13. The number of carboxylic acid groups (broad SMARTS) is 1. The highest BCUT2D eigenvalue weighted by molar-refractivity contribution is 9.10. The molecule has 1 aromatic carbocycles. The van der Waals surface area contributed by atoms with Crippen LogP contribution in [0.4, 0.5) is 4.39 Å². The lowest BCUT2D eigenvalue weighted by atomic mass is 10.1. The number of carbonyl (C=O) groups excluding carboxylic acids is 1. The molecule has 1 amide bonds. The van der Waals surface area contributed by atoms with Crippen LogP contribution in [-0.4, -0.2) is 35.0 Å². The van der Waals surface area contributed by atoms with Gasteiger partial charge in [0, 0.05) is 4.47 Å². The summed E-state index contributed by atoms with van der Waals surface area (Å²) in [4.78, 5) is 22.9. The Labute approximate surface area is 122 Å². The third-order valence-corrected chi connectivity index (χ3v) is 3.52. The van der Waals surface area contributed by atoms with Gasteiger partial charge in [-0.25, -0.2) is 9.18 Å². The zero-order valence-electron chi connectivity index (χ0n) is 10.2. The fraction of sp³-hybridized carbons (Fsp3) is 0.333. The Morgan fingerprint density at radius 3 is 2.79 bits per heavy atom. The smallest absolute Gasteiger partial charge is 0.326 e. The first-order chi connectivity index (χ1) is 8.95. The summed E-state index contributed by atoms with van der Waals surface area (Å²) in [5.41, 5.74) is -0.176. The van der Waals surface area contributed by atoms with E-state index in [2.05, 4.69) is 21.2 Å². The van der Waals surface area contributed by atoms with Crippen LogP contribution >= 0.6 is 27.7 Å². The Balaban J connectivity index is 2.81. The van der Waals surface area contributed by atoms with Gasteiger partial charge in [-0.2, -0.15) is 11.8 Å². The monoisotopic (exact) mass is 349 g/mol. The lowest BCUT2D eigenvalue weighted by Gasteiger charge is -2.14. The third kappa shape index (κ3) is 4.83. The van der Waals surface area contributed by atoms with Gasteiger partial charge >= 0.3 is 5.97 Å². The summed E-state index contributed by atoms with van der Waals surface area (Å²) in [6.07, 6.45) is 2.13. The van der Waals surface area contributed by atoms with Gasteiger partial charge in [0.15, 0.2) is 0 Å². The van der Waals surface area contributed by atoms with E-state index in [1.165, 1.54) is 23.9 Å². The number of thioether (sulfide) groups is 1. The summed E-state index contributed by atoms with van der Waals surface area (Å²) in [7, 11) is 0. The van der Waals surface area contributed by atoms with Gasteiger partial charge in [-0.05, 0) is 36.6 Å². The van der Waals surface area contributed by atoms with Gasteiger partial charge in [0.25, 0.3) is 5.91 Å². The van der Waals surface area contributed by atoms with E-state index in [-0.39, 0.29) is 12.0 Å². The highest BCUT2D eigenvalue weighted by Crippen LogP contribution is 2.16. The summed E-state index contributed by atoms with van der Waals surface area (Å²) in [6.45, 7) is 0. The van der Waals surface area contributed by atoms with Gasteiger partial charge in [-0.1, -0.05) is 15.9 Å². The van der Waals surface area contributed by atoms with Crippen LogP contribution in [0.1, 0.15) is 16.8 Å². The number of benzene rings is 1. The van der Waals surface area contributed by atoms with Crippen molar-refractivity contribution >= 4 is 39.6 Å². The largest absolute Gasteiger partial charge is 0.480 e. The average molecular weight is 350 g/mol. The number of hydrogen-bond acceptors (Lipinski definition) is 3. The van der Waals surface area contributed by atoms with Crippen molar-refractivity contribution in [3.05, 3.63) is 34.1 Å². The highest BCUT2D eigenvalue weighted by Gasteiger charge is 2.21. The number of carboxylic acids is 1. The van der Waals surface area contributed by atoms with E-state index in [4.69, 9.17) is 5.11 Å². The molecule has 0 radical (unpaired) electrons. The van der Waals surface area contributed by atoms with Crippen molar-refractivity contribution in [2.24, 2.45) is 0 Å². The van der Waals surface area contributed by atoms with E-state index in [1.807, 2.05) is 6.26 Å². The molecule has 0 saturated heterocycles. The molecule has 0 aliphatic rings. The summed E-state index contributed by atoms with van der Waals surface area (Å²) in [6, 6.07) is 2.92. The van der Waals surface area contributed by atoms with Gasteiger partial charge in [-0.3, -0.25) is 4.79 Å². The van der Waals surface area contributed by atoms with E-state index in [0.29, 0.717) is 10.2 Å². The maximum atomic E-state index is 13.5. The van der Waals surface area contributed by atoms with E-state index >= 15 is 0 Å². The SMILES string of the molecule is CSCC[C@H](NC(=O)c1cc(Br)ccc1F)C(=O)O. The van der Waals surface area contributed by atoms with Gasteiger partial charge in [0.2, 0.25) is 0 Å². The quantitative estimate of drug-likeness (QED) is 0.828. The molecule has 0 spiro atoms. The summed E-state index contributed by atoms with van der Waals surface area (Å²) < 4.78 is 14.0. The van der Waals surface area contributed by atoms with Crippen LogP contribution in [0, 0.1) is 5.82 Å². The van der Waals surface area contributed by atoms with Gasteiger partial charge < -0.3 is 10.4 Å². The lowest BCUT2D eigenvalue weighted by molar-refractivity contribution is -0.139. The molecule has 104 valence electrons. The first-order valence-electron chi connectivity index (χ1n) is 5.43. The minimum absolute atomic E-state index is 0.176. The third-order valence-electron chi connectivity index (χ3n) is 2.39. The molecule has 0 aliphatic carbocycles. The maximum absolute atomic E-state index is 13.5. The topological polar surface area (TPSA) is 66.4 Å². The fourth-order valence-corrected chi connectivity index (χ4v) is 2.23. The van der Waals surface area contributed by atoms with Crippen LogP contribution in [0.15, 0.2) is 22.7 Å². The van der Waals surface area contributed by atoms with Crippen molar-refractivity contribution in [3.63, 3.8) is 0 Å². The van der Waals surface area contributed by atoms with Crippen LogP contribution in [-0.2, 0) is 4.79 Å². The minimum Gasteiger partial charge on any atom is -0.480 e. The van der Waals surface area contributed by atoms with Crippen molar-refractivity contribution in [1.29, 1.82) is 0 Å². The standard InChI is InChI=1S/C12H13BrFNO3S/c1-19-5-4-10(12(17)18)15-11(16)8-6-7(13)2-3-9(8)14/h2-3,6,10H,4-5H2,1H3,(H,15,16)(H,17,18)/t10-/m0/s1. The molecule has 1 aromatic rings. The molecule has 1 atom stereocenters. The van der Waals surface area contributed by atoms with Crippen molar-refractivity contribution in [1.82, 2.24) is 5.32 Å². The van der Waals surface area contributed by atoms with Crippen molar-refractivity contribution in [2.75, 3.05) is 12.0 Å². The van der Waals surface area contributed by atoms with Crippen LogP contribution in [0.5, 0.6) is 0 Å². The van der Waals surface area contributed by atoms with E-state index in [0.717, 1.165) is 6.07 Å². The maximum Gasteiger partial charge on any atom is 0.326 e. The number of hydrogen-bond donors (Lipinski definition) is 2. The molecule has 0 aliphatic heterocycles. The first-order valence-corrected chi connectivity index (χ1v) is 7.62. The average Bonchev–Trinajstić information content (AvgIpc) is 2.36. The number of carbonyl (C=O) groups is 2. The predicted octanol–water partition coefficient (Wildman–Crippen LogP) is 2.52. The molecule has 0 unspecified atom stereocenters. The normalized spacial score (nSPS) is 11.9. The lowest BCUT2D eigenvalue weighted by Crippen LogP contribution is -2.41. The van der Waals surface area contributed by atoms with Crippen LogP contribution in [0.3, 0.4) is 0 Å². The number of amides is 1. The molecule has 2 N–H and O–H groups in total. The zero-order valence-corrected chi connectivity index (χ0v) is 12.6.